The number of nitrogens with zero attached hydrogens (tertiary/aromatic N) is 2. The average Bonchev–Trinajstić information content (AvgIpc) is 2.72. The number of aliphatic carboxylic acids is 1. The zero-order valence-corrected chi connectivity index (χ0v) is 9.79. The second-order valence-corrected chi connectivity index (χ2v) is 3.95. The minimum atomic E-state index is -1.05. The maximum absolute atomic E-state index is 11.8. The van der Waals surface area contributed by atoms with Gasteiger partial charge in [-0.2, -0.15) is 0 Å². The summed E-state index contributed by atoms with van der Waals surface area (Å²) in [6.07, 6.45) is 0.0286. The third-order valence-electron chi connectivity index (χ3n) is 2.57. The predicted octanol–water partition coefficient (Wildman–Crippen LogP) is 0.913. The number of aromatic nitrogens is 1. The highest BCUT2D eigenvalue weighted by molar-refractivity contribution is 5.87. The van der Waals surface area contributed by atoms with E-state index in [1.807, 2.05) is 18.2 Å². The van der Waals surface area contributed by atoms with E-state index in [1.165, 1.54) is 7.05 Å². The van der Waals surface area contributed by atoms with Crippen LogP contribution in [0.2, 0.25) is 0 Å². The third-order valence-corrected chi connectivity index (χ3v) is 2.57. The van der Waals surface area contributed by atoms with Gasteiger partial charge in [0.25, 0.3) is 0 Å². The van der Waals surface area contributed by atoms with Gasteiger partial charge in [-0.1, -0.05) is 17.3 Å². The van der Waals surface area contributed by atoms with Crippen molar-refractivity contribution in [2.24, 2.45) is 0 Å². The second-order valence-electron chi connectivity index (χ2n) is 3.95. The Bertz CT molecular complexity index is 591. The monoisotopic (exact) mass is 248 g/mol. The molecule has 0 unspecified atom stereocenters. The number of hydrogen-bond acceptors (Lipinski definition) is 4. The Morgan fingerprint density at radius 3 is 2.83 bits per heavy atom. The van der Waals surface area contributed by atoms with Gasteiger partial charge in [0.2, 0.25) is 5.91 Å². The van der Waals surface area contributed by atoms with Gasteiger partial charge in [0.15, 0.2) is 5.58 Å². The Morgan fingerprint density at radius 2 is 2.11 bits per heavy atom. The smallest absolute Gasteiger partial charge is 0.323 e. The number of carbonyl (C=O) groups excluding carboxylic acids is 1. The van der Waals surface area contributed by atoms with Crippen LogP contribution in [0.5, 0.6) is 0 Å². The summed E-state index contributed by atoms with van der Waals surface area (Å²) < 4.78 is 5.07. The number of hydrogen-bond donors (Lipinski definition) is 1. The normalized spacial score (nSPS) is 10.5. The summed E-state index contributed by atoms with van der Waals surface area (Å²) >= 11 is 0. The summed E-state index contributed by atoms with van der Waals surface area (Å²) in [6.45, 7) is -0.325. The van der Waals surface area contributed by atoms with Crippen LogP contribution in [0.25, 0.3) is 11.0 Å². The largest absolute Gasteiger partial charge is 0.480 e. The predicted molar refractivity (Wildman–Crippen MR) is 63.0 cm³/mol. The summed E-state index contributed by atoms with van der Waals surface area (Å²) in [4.78, 5) is 23.4. The van der Waals surface area contributed by atoms with Gasteiger partial charge in [0.1, 0.15) is 12.2 Å². The maximum atomic E-state index is 11.8. The van der Waals surface area contributed by atoms with Crippen LogP contribution < -0.4 is 0 Å². The van der Waals surface area contributed by atoms with Crippen molar-refractivity contribution in [3.05, 3.63) is 30.0 Å². The van der Waals surface area contributed by atoms with Gasteiger partial charge in [-0.05, 0) is 12.1 Å². The van der Waals surface area contributed by atoms with Gasteiger partial charge in [-0.3, -0.25) is 9.59 Å². The molecule has 0 atom stereocenters. The van der Waals surface area contributed by atoms with Crippen molar-refractivity contribution in [3.63, 3.8) is 0 Å². The zero-order chi connectivity index (χ0) is 13.1. The molecule has 0 aliphatic rings. The van der Waals surface area contributed by atoms with Crippen molar-refractivity contribution in [2.75, 3.05) is 13.6 Å². The molecular weight excluding hydrogens is 236 g/mol. The number of carbonyl (C=O) groups is 2. The molecular formula is C12H12N2O4. The fourth-order valence-corrected chi connectivity index (χ4v) is 1.63. The van der Waals surface area contributed by atoms with E-state index in [2.05, 4.69) is 5.16 Å². The molecule has 18 heavy (non-hydrogen) atoms. The molecule has 0 saturated heterocycles. The minimum absolute atomic E-state index is 0.0286. The molecule has 1 amide bonds. The van der Waals surface area contributed by atoms with Gasteiger partial charge in [0, 0.05) is 12.4 Å². The minimum Gasteiger partial charge on any atom is -0.480 e. The van der Waals surface area contributed by atoms with Gasteiger partial charge in [-0.25, -0.2) is 0 Å². The molecule has 1 aromatic carbocycles. The first kappa shape index (κ1) is 12.1. The molecule has 0 bridgehead atoms. The van der Waals surface area contributed by atoms with Crippen LogP contribution in [0.15, 0.2) is 28.8 Å². The van der Waals surface area contributed by atoms with E-state index in [-0.39, 0.29) is 18.9 Å². The van der Waals surface area contributed by atoms with E-state index < -0.39 is 5.97 Å². The summed E-state index contributed by atoms with van der Waals surface area (Å²) in [5, 5.41) is 13.2. The number of fused-ring (bicyclic) bond motifs is 1. The highest BCUT2D eigenvalue weighted by Crippen LogP contribution is 2.18. The summed E-state index contributed by atoms with van der Waals surface area (Å²) in [7, 11) is 1.44. The highest BCUT2D eigenvalue weighted by Gasteiger charge is 2.16. The van der Waals surface area contributed by atoms with Crippen LogP contribution in [0.3, 0.4) is 0 Å². The Kier molecular flexibility index (Phi) is 3.27. The molecule has 0 saturated carbocycles. The molecule has 6 heteroatoms. The molecule has 1 N–H and O–H groups in total. The lowest BCUT2D eigenvalue weighted by Crippen LogP contribution is -2.33. The first-order valence-electron chi connectivity index (χ1n) is 5.37. The Morgan fingerprint density at radius 1 is 1.39 bits per heavy atom. The third kappa shape index (κ3) is 2.48. The molecule has 0 aliphatic heterocycles. The fraction of sp³-hybridized carbons (Fsp3) is 0.250. The first-order valence-corrected chi connectivity index (χ1v) is 5.37. The van der Waals surface area contributed by atoms with Crippen LogP contribution in [-0.4, -0.2) is 40.6 Å². The molecule has 94 valence electrons. The average molecular weight is 248 g/mol. The lowest BCUT2D eigenvalue weighted by molar-refractivity contribution is -0.143. The van der Waals surface area contributed by atoms with Crippen molar-refractivity contribution >= 4 is 22.8 Å². The molecule has 0 radical (unpaired) electrons. The molecule has 2 rings (SSSR count). The van der Waals surface area contributed by atoms with Crippen LogP contribution in [0.1, 0.15) is 5.69 Å². The SMILES string of the molecule is CN(CC(=O)O)C(=O)Cc1noc2ccccc12. The van der Waals surface area contributed by atoms with Crippen LogP contribution in [0, 0.1) is 0 Å². The van der Waals surface area contributed by atoms with E-state index in [0.29, 0.717) is 11.3 Å². The van der Waals surface area contributed by atoms with Crippen LogP contribution >= 0.6 is 0 Å². The van der Waals surface area contributed by atoms with E-state index in [1.54, 1.807) is 6.07 Å². The lowest BCUT2D eigenvalue weighted by atomic mass is 10.1. The molecule has 2 aromatic rings. The molecule has 0 spiro atoms. The Labute approximate surface area is 103 Å². The van der Waals surface area contributed by atoms with Gasteiger partial charge in [0.05, 0.1) is 6.42 Å². The second kappa shape index (κ2) is 4.87. The topological polar surface area (TPSA) is 83.6 Å². The molecule has 0 aliphatic carbocycles. The van der Waals surface area contributed by atoms with E-state index in [9.17, 15) is 9.59 Å². The number of carboxylic acid groups (broad SMARTS) is 1. The first-order chi connectivity index (χ1) is 8.58. The summed E-state index contributed by atoms with van der Waals surface area (Å²) in [5.41, 5.74) is 1.13. The maximum Gasteiger partial charge on any atom is 0.323 e. The van der Waals surface area contributed by atoms with Crippen molar-refractivity contribution < 1.29 is 19.2 Å². The van der Waals surface area contributed by atoms with Crippen LogP contribution in [0.4, 0.5) is 0 Å². The zero-order valence-electron chi connectivity index (χ0n) is 9.79. The number of amides is 1. The molecule has 6 nitrogen and oxygen atoms in total. The Hall–Kier alpha value is -2.37. The van der Waals surface area contributed by atoms with Crippen LogP contribution in [-0.2, 0) is 16.0 Å². The summed E-state index contributed by atoms with van der Waals surface area (Å²) in [6, 6.07) is 7.22. The number of para-hydroxylation sites is 1. The lowest BCUT2D eigenvalue weighted by Gasteiger charge is -2.13. The quantitative estimate of drug-likeness (QED) is 0.869. The van der Waals surface area contributed by atoms with Crippen molar-refractivity contribution in [1.29, 1.82) is 0 Å². The van der Waals surface area contributed by atoms with E-state index >= 15 is 0 Å². The number of likely N-dealkylation sites (N-methyl/N-ethyl adjacent to an activating group) is 1. The number of carboxylic acids is 1. The standard InChI is InChI=1S/C12H12N2O4/c1-14(7-12(16)17)11(15)6-9-8-4-2-3-5-10(8)18-13-9/h2-5H,6-7H2,1H3,(H,16,17). The van der Waals surface area contributed by atoms with Gasteiger partial charge in [-0.15, -0.1) is 0 Å². The summed E-state index contributed by atoms with van der Waals surface area (Å²) in [5.74, 6) is -1.35. The number of rotatable bonds is 4. The molecule has 0 fully saturated rings. The Balaban J connectivity index is 2.14. The fourth-order valence-electron chi connectivity index (χ4n) is 1.63. The van der Waals surface area contributed by atoms with Crippen molar-refractivity contribution in [1.82, 2.24) is 10.1 Å². The number of benzene rings is 1. The van der Waals surface area contributed by atoms with E-state index in [0.717, 1.165) is 10.3 Å². The van der Waals surface area contributed by atoms with Gasteiger partial charge >= 0.3 is 5.97 Å². The van der Waals surface area contributed by atoms with Crippen molar-refractivity contribution in [3.8, 4) is 0 Å². The highest BCUT2D eigenvalue weighted by atomic mass is 16.5. The molecule has 1 heterocycles. The van der Waals surface area contributed by atoms with Crippen molar-refractivity contribution in [2.45, 2.75) is 6.42 Å². The van der Waals surface area contributed by atoms with Gasteiger partial charge < -0.3 is 14.5 Å². The molecule has 1 aromatic heterocycles. The van der Waals surface area contributed by atoms with E-state index in [4.69, 9.17) is 9.63 Å².